The van der Waals surface area contributed by atoms with Gasteiger partial charge in [-0.15, -0.1) is 0 Å². The first-order valence-electron chi connectivity index (χ1n) is 4.22. The molecule has 0 saturated carbocycles. The Morgan fingerprint density at radius 3 is 2.62 bits per heavy atom. The van der Waals surface area contributed by atoms with Crippen molar-refractivity contribution in [3.05, 3.63) is 60.2 Å². The van der Waals surface area contributed by atoms with Gasteiger partial charge in [-0.1, -0.05) is 30.3 Å². The fraction of sp³-hybridized carbons (Fsp3) is 0.0909. The molecule has 1 aromatic rings. The Kier molecular flexibility index (Phi) is 2.04. The third kappa shape index (κ3) is 1.72. The average Bonchev–Trinajstić information content (AvgIpc) is 2.19. The van der Waals surface area contributed by atoms with E-state index in [0.29, 0.717) is 5.88 Å². The lowest BCUT2D eigenvalue weighted by Crippen LogP contribution is -2.06. The summed E-state index contributed by atoms with van der Waals surface area (Å²) in [6.45, 7) is 0. The van der Waals surface area contributed by atoms with Crippen molar-refractivity contribution in [1.82, 2.24) is 0 Å². The molecule has 1 aliphatic heterocycles. The maximum absolute atomic E-state index is 5.55. The van der Waals surface area contributed by atoms with Crippen molar-refractivity contribution in [2.75, 3.05) is 0 Å². The zero-order chi connectivity index (χ0) is 9.10. The summed E-state index contributed by atoms with van der Waals surface area (Å²) >= 11 is 0. The summed E-state index contributed by atoms with van der Waals surface area (Å²) in [5.41, 5.74) is 6.78. The van der Waals surface area contributed by atoms with Crippen molar-refractivity contribution in [2.24, 2.45) is 5.73 Å². The van der Waals surface area contributed by atoms with E-state index >= 15 is 0 Å². The van der Waals surface area contributed by atoms with E-state index < -0.39 is 0 Å². The smallest absolute Gasteiger partial charge is 0.186 e. The van der Waals surface area contributed by atoms with Gasteiger partial charge in [0.25, 0.3) is 0 Å². The first-order valence-corrected chi connectivity index (χ1v) is 4.22. The Bertz CT molecular complexity index is 340. The highest BCUT2D eigenvalue weighted by atomic mass is 16.5. The summed E-state index contributed by atoms with van der Waals surface area (Å²) in [4.78, 5) is 0. The van der Waals surface area contributed by atoms with Gasteiger partial charge in [-0.3, -0.25) is 0 Å². The molecule has 1 aromatic carbocycles. The maximum atomic E-state index is 5.55. The zero-order valence-electron chi connectivity index (χ0n) is 7.18. The minimum Gasteiger partial charge on any atom is -0.450 e. The van der Waals surface area contributed by atoms with Crippen LogP contribution in [0.25, 0.3) is 0 Å². The molecule has 1 unspecified atom stereocenters. The van der Waals surface area contributed by atoms with E-state index in [2.05, 4.69) is 12.1 Å². The molecule has 13 heavy (non-hydrogen) atoms. The van der Waals surface area contributed by atoms with Crippen molar-refractivity contribution in [3.8, 4) is 0 Å². The van der Waals surface area contributed by atoms with Gasteiger partial charge in [0.15, 0.2) is 5.88 Å². The molecule has 66 valence electrons. The third-order valence-electron chi connectivity index (χ3n) is 2.02. The fourth-order valence-electron chi connectivity index (χ4n) is 1.36. The quantitative estimate of drug-likeness (QED) is 0.706. The first-order chi connectivity index (χ1) is 6.36. The normalized spacial score (nSPS) is 20.6. The average molecular weight is 173 g/mol. The van der Waals surface area contributed by atoms with Crippen molar-refractivity contribution in [3.63, 3.8) is 0 Å². The Labute approximate surface area is 77.3 Å². The summed E-state index contributed by atoms with van der Waals surface area (Å²) in [6, 6.07) is 10.2. The number of nitrogens with two attached hydrogens (primary N) is 1. The van der Waals surface area contributed by atoms with Crippen molar-refractivity contribution in [2.45, 2.75) is 5.92 Å². The van der Waals surface area contributed by atoms with Crippen LogP contribution in [-0.4, -0.2) is 0 Å². The number of rotatable bonds is 1. The molecule has 1 atom stereocenters. The molecule has 0 saturated heterocycles. The first kappa shape index (κ1) is 7.92. The number of ether oxygens (including phenoxy) is 1. The molecule has 0 radical (unpaired) electrons. The molecule has 0 amide bonds. The summed E-state index contributed by atoms with van der Waals surface area (Å²) < 4.78 is 4.99. The molecule has 2 nitrogen and oxygen atoms in total. The van der Waals surface area contributed by atoms with Crippen LogP contribution in [0, 0.1) is 0 Å². The number of allylic oxidation sites excluding steroid dienone is 2. The molecule has 0 aromatic heterocycles. The van der Waals surface area contributed by atoms with Gasteiger partial charge in [0.05, 0.1) is 6.26 Å². The van der Waals surface area contributed by atoms with E-state index in [0.717, 1.165) is 0 Å². The number of hydrogen-bond donors (Lipinski definition) is 1. The Morgan fingerprint density at radius 1 is 1.15 bits per heavy atom. The lowest BCUT2D eigenvalue weighted by molar-refractivity contribution is 0.334. The van der Waals surface area contributed by atoms with Gasteiger partial charge in [-0.05, 0) is 17.7 Å². The molecule has 2 heteroatoms. The number of benzene rings is 1. The van der Waals surface area contributed by atoms with E-state index in [4.69, 9.17) is 10.5 Å². The molecular formula is C11H11NO. The van der Waals surface area contributed by atoms with Gasteiger partial charge >= 0.3 is 0 Å². The lowest BCUT2D eigenvalue weighted by Gasteiger charge is -2.13. The Balaban J connectivity index is 2.27. The van der Waals surface area contributed by atoms with Crippen LogP contribution in [0.15, 0.2) is 54.6 Å². The molecule has 0 spiro atoms. The number of hydrogen-bond acceptors (Lipinski definition) is 2. The van der Waals surface area contributed by atoms with E-state index in [1.807, 2.05) is 30.4 Å². The van der Waals surface area contributed by atoms with Crippen LogP contribution < -0.4 is 5.73 Å². The second-order valence-corrected chi connectivity index (χ2v) is 2.95. The van der Waals surface area contributed by atoms with Gasteiger partial charge in [0, 0.05) is 5.92 Å². The molecule has 0 bridgehead atoms. The van der Waals surface area contributed by atoms with Crippen molar-refractivity contribution in [1.29, 1.82) is 0 Å². The van der Waals surface area contributed by atoms with E-state index in [1.165, 1.54) is 5.56 Å². The van der Waals surface area contributed by atoms with Crippen LogP contribution in [0.5, 0.6) is 0 Å². The maximum Gasteiger partial charge on any atom is 0.186 e. The molecular weight excluding hydrogens is 162 g/mol. The monoisotopic (exact) mass is 173 g/mol. The third-order valence-corrected chi connectivity index (χ3v) is 2.02. The lowest BCUT2D eigenvalue weighted by atomic mass is 9.98. The highest BCUT2D eigenvalue weighted by Gasteiger charge is 2.08. The van der Waals surface area contributed by atoms with E-state index in [1.54, 1.807) is 6.26 Å². The van der Waals surface area contributed by atoms with Crippen LogP contribution in [-0.2, 0) is 4.74 Å². The van der Waals surface area contributed by atoms with Gasteiger partial charge in [-0.2, -0.15) is 0 Å². The van der Waals surface area contributed by atoms with Gasteiger partial charge in [0.1, 0.15) is 0 Å². The predicted octanol–water partition coefficient (Wildman–Crippen LogP) is 2.11. The second kappa shape index (κ2) is 3.35. The van der Waals surface area contributed by atoms with Crippen molar-refractivity contribution < 1.29 is 4.74 Å². The Hall–Kier alpha value is -1.70. The summed E-state index contributed by atoms with van der Waals surface area (Å²) in [5, 5.41) is 0. The molecule has 0 fully saturated rings. The van der Waals surface area contributed by atoms with Gasteiger partial charge < -0.3 is 10.5 Å². The van der Waals surface area contributed by atoms with Crippen LogP contribution in [0.4, 0.5) is 0 Å². The second-order valence-electron chi connectivity index (χ2n) is 2.95. The molecule has 2 rings (SSSR count). The minimum atomic E-state index is 0.245. The summed E-state index contributed by atoms with van der Waals surface area (Å²) in [6.07, 6.45) is 5.51. The Morgan fingerprint density at radius 2 is 1.92 bits per heavy atom. The molecule has 2 N–H and O–H groups in total. The topological polar surface area (TPSA) is 35.2 Å². The SMILES string of the molecule is NC1=CC(c2ccccc2)C=CO1. The summed E-state index contributed by atoms with van der Waals surface area (Å²) in [5.74, 6) is 0.714. The largest absolute Gasteiger partial charge is 0.450 e. The van der Waals surface area contributed by atoms with E-state index in [9.17, 15) is 0 Å². The van der Waals surface area contributed by atoms with Crippen LogP contribution >= 0.6 is 0 Å². The highest BCUT2D eigenvalue weighted by Crippen LogP contribution is 2.22. The standard InChI is InChI=1S/C11H11NO/c12-11-8-10(6-7-13-11)9-4-2-1-3-5-9/h1-8,10H,12H2. The van der Waals surface area contributed by atoms with Gasteiger partial charge in [-0.25, -0.2) is 0 Å². The highest BCUT2D eigenvalue weighted by molar-refractivity contribution is 5.30. The molecule has 0 aliphatic carbocycles. The van der Waals surface area contributed by atoms with Crippen molar-refractivity contribution >= 4 is 0 Å². The van der Waals surface area contributed by atoms with Crippen LogP contribution in [0.2, 0.25) is 0 Å². The fourth-order valence-corrected chi connectivity index (χ4v) is 1.36. The summed E-state index contributed by atoms with van der Waals surface area (Å²) in [7, 11) is 0. The van der Waals surface area contributed by atoms with Gasteiger partial charge in [0.2, 0.25) is 0 Å². The van der Waals surface area contributed by atoms with Crippen LogP contribution in [0.1, 0.15) is 11.5 Å². The minimum absolute atomic E-state index is 0.245. The van der Waals surface area contributed by atoms with Crippen LogP contribution in [0.3, 0.4) is 0 Å². The zero-order valence-corrected chi connectivity index (χ0v) is 7.18. The predicted molar refractivity (Wildman–Crippen MR) is 51.7 cm³/mol. The van der Waals surface area contributed by atoms with E-state index in [-0.39, 0.29) is 5.92 Å². The molecule has 1 aliphatic rings. The molecule has 1 heterocycles.